The molecule has 21 heavy (non-hydrogen) atoms. The standard InChI is InChI=1S/C15H19NO3.C2H6/c1-3-6-12-8-9-14(13(11-12)16-4-2)19-10-5-7-15(17)18;1-2/h8-9,11,16H,4-5,7,10H2,1-2H3,(H,17,18);1-2H3. The van der Waals surface area contributed by atoms with Crippen LogP contribution in [0.4, 0.5) is 5.69 Å². The second-order valence-corrected chi connectivity index (χ2v) is 3.96. The number of carbonyl (C=O) groups is 1. The quantitative estimate of drug-likeness (QED) is 0.593. The van der Waals surface area contributed by atoms with Gasteiger partial charge in [-0.3, -0.25) is 4.79 Å². The van der Waals surface area contributed by atoms with E-state index in [1.807, 2.05) is 39.0 Å². The van der Waals surface area contributed by atoms with Crippen molar-refractivity contribution in [3.8, 4) is 17.6 Å². The lowest BCUT2D eigenvalue weighted by Crippen LogP contribution is -2.05. The fraction of sp³-hybridized carbons (Fsp3) is 0.471. The van der Waals surface area contributed by atoms with Gasteiger partial charge in [-0.25, -0.2) is 0 Å². The SMILES string of the molecule is CC.CC#Cc1ccc(OCCCC(=O)O)c(NCC)c1. The lowest BCUT2D eigenvalue weighted by atomic mass is 10.2. The minimum atomic E-state index is -0.802. The summed E-state index contributed by atoms with van der Waals surface area (Å²) in [6, 6.07) is 5.69. The molecule has 0 radical (unpaired) electrons. The van der Waals surface area contributed by atoms with E-state index in [-0.39, 0.29) is 6.42 Å². The predicted molar refractivity (Wildman–Crippen MR) is 86.9 cm³/mol. The minimum Gasteiger partial charge on any atom is -0.491 e. The Kier molecular flexibility index (Phi) is 10.5. The second-order valence-electron chi connectivity index (χ2n) is 3.96. The maximum atomic E-state index is 10.4. The molecule has 0 aliphatic heterocycles. The predicted octanol–water partition coefficient (Wildman–Crippen LogP) is 3.76. The molecule has 2 N–H and O–H groups in total. The fourth-order valence-electron chi connectivity index (χ4n) is 1.61. The van der Waals surface area contributed by atoms with Crippen molar-refractivity contribution in [3.05, 3.63) is 23.8 Å². The first-order valence-corrected chi connectivity index (χ1v) is 7.32. The van der Waals surface area contributed by atoms with Gasteiger partial charge >= 0.3 is 5.97 Å². The third-order valence-electron chi connectivity index (χ3n) is 2.41. The highest BCUT2D eigenvalue weighted by molar-refractivity contribution is 5.66. The van der Waals surface area contributed by atoms with Crippen molar-refractivity contribution < 1.29 is 14.6 Å². The summed E-state index contributed by atoms with van der Waals surface area (Å²) in [5.74, 6) is 5.77. The maximum Gasteiger partial charge on any atom is 0.303 e. The number of hydrogen-bond donors (Lipinski definition) is 2. The molecule has 1 rings (SSSR count). The van der Waals surface area contributed by atoms with Crippen LogP contribution in [0.25, 0.3) is 0 Å². The number of nitrogens with one attached hydrogen (secondary N) is 1. The van der Waals surface area contributed by atoms with Crippen LogP contribution in [0, 0.1) is 11.8 Å². The Morgan fingerprint density at radius 2 is 2.10 bits per heavy atom. The number of benzene rings is 1. The highest BCUT2D eigenvalue weighted by atomic mass is 16.5. The van der Waals surface area contributed by atoms with E-state index in [9.17, 15) is 4.79 Å². The number of carboxylic acid groups (broad SMARTS) is 1. The van der Waals surface area contributed by atoms with Crippen LogP contribution in [0.5, 0.6) is 5.75 Å². The average molecular weight is 291 g/mol. The third kappa shape index (κ3) is 7.88. The van der Waals surface area contributed by atoms with Crippen LogP contribution < -0.4 is 10.1 Å². The molecule has 1 aromatic carbocycles. The zero-order valence-corrected chi connectivity index (χ0v) is 13.3. The number of anilines is 1. The van der Waals surface area contributed by atoms with E-state index in [0.717, 1.165) is 23.5 Å². The molecule has 0 saturated carbocycles. The summed E-state index contributed by atoms with van der Waals surface area (Å²) < 4.78 is 5.60. The molecule has 0 aliphatic carbocycles. The molecular formula is C17H25NO3. The highest BCUT2D eigenvalue weighted by Crippen LogP contribution is 2.25. The Labute approximate surface area is 127 Å². The summed E-state index contributed by atoms with van der Waals surface area (Å²) in [6.07, 6.45) is 0.618. The van der Waals surface area contributed by atoms with Gasteiger partial charge in [-0.15, -0.1) is 5.92 Å². The van der Waals surface area contributed by atoms with E-state index in [0.29, 0.717) is 13.0 Å². The summed E-state index contributed by atoms with van der Waals surface area (Å²) in [6.45, 7) is 8.98. The highest BCUT2D eigenvalue weighted by Gasteiger charge is 2.04. The first-order chi connectivity index (χ1) is 10.2. The largest absolute Gasteiger partial charge is 0.491 e. The van der Waals surface area contributed by atoms with Crippen molar-refractivity contribution in [3.63, 3.8) is 0 Å². The van der Waals surface area contributed by atoms with Gasteiger partial charge in [0.2, 0.25) is 0 Å². The number of carboxylic acids is 1. The molecule has 0 saturated heterocycles. The van der Waals surface area contributed by atoms with Crippen molar-refractivity contribution in [2.24, 2.45) is 0 Å². The molecule has 0 fully saturated rings. The first-order valence-electron chi connectivity index (χ1n) is 7.32. The molecular weight excluding hydrogens is 266 g/mol. The van der Waals surface area contributed by atoms with Crippen LogP contribution in [0.15, 0.2) is 18.2 Å². The van der Waals surface area contributed by atoms with E-state index in [4.69, 9.17) is 9.84 Å². The molecule has 0 aliphatic rings. The number of hydrogen-bond acceptors (Lipinski definition) is 3. The van der Waals surface area contributed by atoms with Gasteiger partial charge in [0.1, 0.15) is 5.75 Å². The van der Waals surface area contributed by atoms with Crippen LogP contribution in [0.3, 0.4) is 0 Å². The van der Waals surface area contributed by atoms with E-state index >= 15 is 0 Å². The Bertz CT molecular complexity index is 487. The van der Waals surface area contributed by atoms with E-state index < -0.39 is 5.97 Å². The van der Waals surface area contributed by atoms with Crippen molar-refractivity contribution in [1.29, 1.82) is 0 Å². The minimum absolute atomic E-state index is 0.121. The molecule has 4 nitrogen and oxygen atoms in total. The Morgan fingerprint density at radius 3 is 2.67 bits per heavy atom. The normalized spacial score (nSPS) is 8.76. The molecule has 1 aromatic rings. The average Bonchev–Trinajstić information content (AvgIpc) is 2.48. The Morgan fingerprint density at radius 1 is 1.38 bits per heavy atom. The van der Waals surface area contributed by atoms with Gasteiger partial charge in [0.15, 0.2) is 0 Å². The van der Waals surface area contributed by atoms with Gasteiger partial charge in [-0.1, -0.05) is 19.8 Å². The van der Waals surface area contributed by atoms with Crippen LogP contribution in [-0.2, 0) is 4.79 Å². The molecule has 0 unspecified atom stereocenters. The molecule has 0 bridgehead atoms. The molecule has 0 spiro atoms. The van der Waals surface area contributed by atoms with Gasteiger partial charge in [-0.05, 0) is 38.5 Å². The fourth-order valence-corrected chi connectivity index (χ4v) is 1.61. The third-order valence-corrected chi connectivity index (χ3v) is 2.41. The summed E-state index contributed by atoms with van der Waals surface area (Å²) in [5, 5.41) is 11.8. The Balaban J connectivity index is 0.00000191. The molecule has 0 atom stereocenters. The van der Waals surface area contributed by atoms with Gasteiger partial charge in [0.05, 0.1) is 12.3 Å². The van der Waals surface area contributed by atoms with E-state index in [1.165, 1.54) is 0 Å². The van der Waals surface area contributed by atoms with Gasteiger partial charge < -0.3 is 15.2 Å². The van der Waals surface area contributed by atoms with Gasteiger partial charge in [-0.2, -0.15) is 0 Å². The smallest absolute Gasteiger partial charge is 0.303 e. The summed E-state index contributed by atoms with van der Waals surface area (Å²) in [5.41, 5.74) is 1.81. The van der Waals surface area contributed by atoms with Crippen molar-refractivity contribution >= 4 is 11.7 Å². The van der Waals surface area contributed by atoms with Gasteiger partial charge in [0.25, 0.3) is 0 Å². The lowest BCUT2D eigenvalue weighted by molar-refractivity contribution is -0.137. The number of ether oxygens (including phenoxy) is 1. The van der Waals surface area contributed by atoms with Crippen LogP contribution in [0.2, 0.25) is 0 Å². The number of aliphatic carboxylic acids is 1. The van der Waals surface area contributed by atoms with Crippen molar-refractivity contribution in [1.82, 2.24) is 0 Å². The zero-order chi connectivity index (χ0) is 16.1. The summed E-state index contributed by atoms with van der Waals surface area (Å²) in [7, 11) is 0. The van der Waals surface area contributed by atoms with E-state index in [2.05, 4.69) is 17.2 Å². The van der Waals surface area contributed by atoms with Crippen LogP contribution in [-0.4, -0.2) is 24.2 Å². The molecule has 0 amide bonds. The molecule has 0 aromatic heterocycles. The topological polar surface area (TPSA) is 58.6 Å². The van der Waals surface area contributed by atoms with Crippen molar-refractivity contribution in [2.75, 3.05) is 18.5 Å². The number of rotatable bonds is 7. The maximum absolute atomic E-state index is 10.4. The summed E-state index contributed by atoms with van der Waals surface area (Å²) in [4.78, 5) is 10.4. The van der Waals surface area contributed by atoms with Gasteiger partial charge in [0, 0.05) is 18.5 Å². The van der Waals surface area contributed by atoms with Crippen LogP contribution in [0.1, 0.15) is 46.1 Å². The Hall–Kier alpha value is -2.15. The monoisotopic (exact) mass is 291 g/mol. The molecule has 0 heterocycles. The second kappa shape index (κ2) is 11.7. The summed E-state index contributed by atoms with van der Waals surface area (Å²) >= 11 is 0. The zero-order valence-electron chi connectivity index (χ0n) is 13.3. The molecule has 116 valence electrons. The first kappa shape index (κ1) is 18.9. The molecule has 4 heteroatoms. The van der Waals surface area contributed by atoms with Crippen molar-refractivity contribution in [2.45, 2.75) is 40.5 Å². The van der Waals surface area contributed by atoms with E-state index in [1.54, 1.807) is 6.92 Å². The lowest BCUT2D eigenvalue weighted by Gasteiger charge is -2.12. The van der Waals surface area contributed by atoms with Crippen LogP contribution >= 0.6 is 0 Å².